The second-order valence-electron chi connectivity index (χ2n) is 12.2. The van der Waals surface area contributed by atoms with Crippen molar-refractivity contribution in [1.82, 2.24) is 9.55 Å². The molecule has 0 bridgehead atoms. The van der Waals surface area contributed by atoms with Crippen molar-refractivity contribution in [2.75, 3.05) is 6.61 Å². The molecule has 0 N–H and O–H groups in total. The molecule has 3 aliphatic rings. The molecule has 0 saturated heterocycles. The van der Waals surface area contributed by atoms with Gasteiger partial charge in [0.1, 0.15) is 24.7 Å². The first-order chi connectivity index (χ1) is 16.8. The molecule has 7 nitrogen and oxygen atoms in total. The van der Waals surface area contributed by atoms with Gasteiger partial charge in [-0.2, -0.15) is 10.5 Å². The molecule has 0 radical (unpaired) electrons. The summed E-state index contributed by atoms with van der Waals surface area (Å²) in [6.45, 7) is 13.7. The third-order valence-electron chi connectivity index (χ3n) is 8.27. The van der Waals surface area contributed by atoms with Gasteiger partial charge in [-0.05, 0) is 42.5 Å². The third-order valence-corrected chi connectivity index (χ3v) is 9.98. The minimum Gasteiger partial charge on any atom is -0.361 e. The van der Waals surface area contributed by atoms with E-state index in [1.54, 1.807) is 24.4 Å². The Labute approximate surface area is 214 Å². The number of ketones is 2. The van der Waals surface area contributed by atoms with E-state index in [2.05, 4.69) is 31.8 Å². The number of carbonyl (C=O) groups excluding carboxylic acids is 2. The first-order valence-electron chi connectivity index (χ1n) is 12.5. The fraction of sp³-hybridized carbons (Fsp3) is 0.536. The number of ether oxygens (including phenoxy) is 1. The molecular formula is C28H34N4O3Si. The molecule has 0 aliphatic heterocycles. The van der Waals surface area contributed by atoms with Crippen molar-refractivity contribution in [3.63, 3.8) is 0 Å². The number of allylic oxidation sites excluding steroid dienone is 6. The number of nitriles is 2. The van der Waals surface area contributed by atoms with Gasteiger partial charge >= 0.3 is 0 Å². The Morgan fingerprint density at radius 2 is 1.83 bits per heavy atom. The summed E-state index contributed by atoms with van der Waals surface area (Å²) in [5.41, 5.74) is -1.31. The summed E-state index contributed by atoms with van der Waals surface area (Å²) >= 11 is 0. The van der Waals surface area contributed by atoms with Gasteiger partial charge in [0.05, 0.1) is 16.6 Å². The lowest BCUT2D eigenvalue weighted by Gasteiger charge is -2.57. The van der Waals surface area contributed by atoms with E-state index in [1.807, 2.05) is 31.5 Å². The number of hydrogen-bond acceptors (Lipinski definition) is 6. The summed E-state index contributed by atoms with van der Waals surface area (Å²) in [5.74, 6) is 0.0999. The topological polar surface area (TPSA) is 109 Å². The van der Waals surface area contributed by atoms with E-state index in [9.17, 15) is 20.1 Å². The molecule has 188 valence electrons. The average Bonchev–Trinajstić information content (AvgIpc) is 3.28. The molecule has 1 heterocycles. The Balaban J connectivity index is 1.84. The summed E-state index contributed by atoms with van der Waals surface area (Å²) in [5, 5.41) is 19.5. The highest BCUT2D eigenvalue weighted by molar-refractivity contribution is 6.76. The SMILES string of the molecule is CC1(C)C(=O)C(C#N)=CC2(C)C3=CC(=O)C(C#N)=CC3(c3nccn3COCC[Si](C)(C)C)CCC12. The summed E-state index contributed by atoms with van der Waals surface area (Å²) < 4.78 is 7.99. The molecule has 0 spiro atoms. The van der Waals surface area contributed by atoms with Gasteiger partial charge < -0.3 is 9.30 Å². The molecule has 3 unspecified atom stereocenters. The van der Waals surface area contributed by atoms with Gasteiger partial charge in [-0.1, -0.05) is 46.5 Å². The smallest absolute Gasteiger partial charge is 0.196 e. The van der Waals surface area contributed by atoms with Crippen LogP contribution in [-0.2, 0) is 26.5 Å². The van der Waals surface area contributed by atoms with E-state index in [0.717, 1.165) is 11.6 Å². The third kappa shape index (κ3) is 4.03. The quantitative estimate of drug-likeness (QED) is 0.406. The molecule has 0 amide bonds. The van der Waals surface area contributed by atoms with E-state index in [1.165, 1.54) is 0 Å². The molecule has 0 aromatic carbocycles. The Hall–Kier alpha value is -3.07. The molecular weight excluding hydrogens is 468 g/mol. The van der Waals surface area contributed by atoms with E-state index < -0.39 is 24.3 Å². The lowest BCUT2D eigenvalue weighted by atomic mass is 9.45. The Morgan fingerprint density at radius 1 is 1.14 bits per heavy atom. The van der Waals surface area contributed by atoms with Crippen LogP contribution < -0.4 is 0 Å². The van der Waals surface area contributed by atoms with Crippen LogP contribution in [0.15, 0.2) is 47.3 Å². The van der Waals surface area contributed by atoms with Crippen LogP contribution in [0.2, 0.25) is 25.7 Å². The zero-order valence-electron chi connectivity index (χ0n) is 22.0. The highest BCUT2D eigenvalue weighted by atomic mass is 28.3. The minimum absolute atomic E-state index is 0.0885. The number of imidazole rings is 1. The van der Waals surface area contributed by atoms with E-state index in [4.69, 9.17) is 9.72 Å². The number of fused-ring (bicyclic) bond motifs is 3. The van der Waals surface area contributed by atoms with Crippen LogP contribution in [0.5, 0.6) is 0 Å². The maximum absolute atomic E-state index is 13.1. The average molecular weight is 503 g/mol. The molecule has 1 aromatic heterocycles. The predicted molar refractivity (Wildman–Crippen MR) is 138 cm³/mol. The number of nitrogens with zero attached hydrogens (tertiary/aromatic N) is 4. The highest BCUT2D eigenvalue weighted by Gasteiger charge is 2.61. The zero-order chi connectivity index (χ0) is 26.5. The Bertz CT molecular complexity index is 1300. The highest BCUT2D eigenvalue weighted by Crippen LogP contribution is 2.63. The number of carbonyl (C=O) groups is 2. The van der Waals surface area contributed by atoms with Crippen molar-refractivity contribution in [2.45, 2.75) is 71.4 Å². The Morgan fingerprint density at radius 3 is 2.47 bits per heavy atom. The maximum atomic E-state index is 13.1. The van der Waals surface area contributed by atoms with Crippen molar-refractivity contribution >= 4 is 19.6 Å². The maximum Gasteiger partial charge on any atom is 0.196 e. The van der Waals surface area contributed by atoms with E-state index >= 15 is 0 Å². The number of Topliss-reactive ketones (excluding diaryl/α,β-unsaturated/α-hetero) is 1. The molecule has 3 atom stereocenters. The number of hydrogen-bond donors (Lipinski definition) is 0. The van der Waals surface area contributed by atoms with Crippen LogP contribution in [0.4, 0.5) is 0 Å². The summed E-state index contributed by atoms with van der Waals surface area (Å²) in [6.07, 6.45) is 9.93. The van der Waals surface area contributed by atoms with Gasteiger partial charge in [-0.3, -0.25) is 9.59 Å². The van der Waals surface area contributed by atoms with Gasteiger partial charge in [0.15, 0.2) is 11.6 Å². The van der Waals surface area contributed by atoms with Gasteiger partial charge in [0, 0.05) is 37.9 Å². The van der Waals surface area contributed by atoms with Crippen molar-refractivity contribution in [3.8, 4) is 12.1 Å². The first-order valence-corrected chi connectivity index (χ1v) is 16.2. The van der Waals surface area contributed by atoms with Gasteiger partial charge in [0.2, 0.25) is 0 Å². The normalized spacial score (nSPS) is 29.2. The van der Waals surface area contributed by atoms with Crippen LogP contribution in [0.25, 0.3) is 0 Å². The number of aromatic nitrogens is 2. The van der Waals surface area contributed by atoms with Gasteiger partial charge in [-0.25, -0.2) is 4.98 Å². The lowest BCUT2D eigenvalue weighted by Crippen LogP contribution is -2.55. The van der Waals surface area contributed by atoms with Crippen molar-refractivity contribution in [1.29, 1.82) is 10.5 Å². The van der Waals surface area contributed by atoms with Crippen LogP contribution in [0.3, 0.4) is 0 Å². The second kappa shape index (κ2) is 8.79. The molecule has 4 rings (SSSR count). The second-order valence-corrected chi connectivity index (χ2v) is 17.8. The molecule has 1 fully saturated rings. The largest absolute Gasteiger partial charge is 0.361 e. The fourth-order valence-electron chi connectivity index (χ4n) is 6.41. The van der Waals surface area contributed by atoms with Crippen LogP contribution in [0.1, 0.15) is 39.4 Å². The van der Waals surface area contributed by atoms with E-state index in [0.29, 0.717) is 32.0 Å². The van der Waals surface area contributed by atoms with Crippen molar-refractivity contribution in [3.05, 3.63) is 53.2 Å². The molecule has 3 aliphatic carbocycles. The van der Waals surface area contributed by atoms with Crippen LogP contribution >= 0.6 is 0 Å². The summed E-state index contributed by atoms with van der Waals surface area (Å²) in [6, 6.07) is 5.21. The first kappa shape index (κ1) is 26.0. The molecule has 36 heavy (non-hydrogen) atoms. The van der Waals surface area contributed by atoms with E-state index in [-0.39, 0.29) is 28.6 Å². The number of rotatable bonds is 6. The monoisotopic (exact) mass is 502 g/mol. The standard InChI is InChI=1S/C28H34N4O3Si/c1-26(2)22-7-8-28(25-31-9-10-32(25)18-35-11-12-36(4,5)6)15-19(16-29)21(33)13-23(28)27(22,3)14-20(17-30)24(26)34/h9-10,13-15,22H,7-8,11-12,18H2,1-6H3. The predicted octanol–water partition coefficient (Wildman–Crippen LogP) is 4.87. The van der Waals surface area contributed by atoms with Crippen LogP contribution in [0, 0.1) is 39.4 Å². The molecule has 1 aromatic rings. The van der Waals surface area contributed by atoms with Crippen LogP contribution in [-0.4, -0.2) is 35.8 Å². The summed E-state index contributed by atoms with van der Waals surface area (Å²) in [7, 11) is -1.24. The van der Waals surface area contributed by atoms with Crippen molar-refractivity contribution in [2.24, 2.45) is 16.7 Å². The fourth-order valence-corrected chi connectivity index (χ4v) is 7.16. The molecule has 1 saturated carbocycles. The summed E-state index contributed by atoms with van der Waals surface area (Å²) in [4.78, 5) is 30.9. The minimum atomic E-state index is -1.24. The van der Waals surface area contributed by atoms with Gasteiger partial charge in [-0.15, -0.1) is 0 Å². The van der Waals surface area contributed by atoms with Crippen molar-refractivity contribution < 1.29 is 14.3 Å². The van der Waals surface area contributed by atoms with Gasteiger partial charge in [0.25, 0.3) is 0 Å². The molecule has 8 heteroatoms. The Kier molecular flexibility index (Phi) is 6.35. The zero-order valence-corrected chi connectivity index (χ0v) is 23.0. The lowest BCUT2D eigenvalue weighted by molar-refractivity contribution is -0.130.